The van der Waals surface area contributed by atoms with Crippen LogP contribution in [0.5, 0.6) is 11.5 Å². The minimum Gasteiger partial charge on any atom is -0.504 e. The molecular formula is C18H30N2O3. The van der Waals surface area contributed by atoms with Gasteiger partial charge in [0.1, 0.15) is 0 Å². The molecule has 5 heteroatoms. The Kier molecular flexibility index (Phi) is 5.23. The van der Waals surface area contributed by atoms with E-state index in [1.54, 1.807) is 6.07 Å². The highest BCUT2D eigenvalue weighted by molar-refractivity contribution is 5.41. The number of benzene rings is 1. The van der Waals surface area contributed by atoms with Gasteiger partial charge >= 0.3 is 0 Å². The fourth-order valence-corrected chi connectivity index (χ4v) is 3.37. The van der Waals surface area contributed by atoms with E-state index in [1.165, 1.54) is 12.1 Å². The second-order valence-electron chi connectivity index (χ2n) is 7.79. The molecule has 1 fully saturated rings. The molecule has 0 amide bonds. The Morgan fingerprint density at radius 3 is 2.43 bits per heavy atom. The van der Waals surface area contributed by atoms with Gasteiger partial charge in [-0.15, -0.1) is 0 Å². The third kappa shape index (κ3) is 4.59. The third-order valence-corrected chi connectivity index (χ3v) is 5.28. The SMILES string of the molecule is CC1(N)CCC(C(C)(C)NCC(O)c2ccc(O)c(O)c2)CC1. The van der Waals surface area contributed by atoms with E-state index in [0.29, 0.717) is 18.0 Å². The standard InChI is InChI=1S/C18H30N2O3/c1-17(2,13-6-8-18(3,19)9-7-13)20-11-16(23)12-4-5-14(21)15(22)10-12/h4-5,10,13,16,20-23H,6-9,11,19H2,1-3H3. The van der Waals surface area contributed by atoms with E-state index in [9.17, 15) is 15.3 Å². The highest BCUT2D eigenvalue weighted by Crippen LogP contribution is 2.36. The molecule has 1 atom stereocenters. The van der Waals surface area contributed by atoms with Crippen LogP contribution in [-0.2, 0) is 0 Å². The molecule has 23 heavy (non-hydrogen) atoms. The van der Waals surface area contributed by atoms with Crippen molar-refractivity contribution in [2.45, 2.75) is 63.6 Å². The van der Waals surface area contributed by atoms with Gasteiger partial charge in [-0.2, -0.15) is 0 Å². The zero-order valence-electron chi connectivity index (χ0n) is 14.3. The molecule has 130 valence electrons. The van der Waals surface area contributed by atoms with Crippen molar-refractivity contribution < 1.29 is 15.3 Å². The molecule has 5 nitrogen and oxygen atoms in total. The first-order valence-corrected chi connectivity index (χ1v) is 8.34. The number of phenolic OH excluding ortho intramolecular Hbond substituents is 2. The van der Waals surface area contributed by atoms with Crippen LogP contribution >= 0.6 is 0 Å². The Bertz CT molecular complexity index is 533. The summed E-state index contributed by atoms with van der Waals surface area (Å²) in [6.45, 7) is 6.84. The average molecular weight is 322 g/mol. The maximum Gasteiger partial charge on any atom is 0.157 e. The molecule has 0 bridgehead atoms. The predicted octanol–water partition coefficient (Wildman–Crippen LogP) is 2.41. The smallest absolute Gasteiger partial charge is 0.157 e. The van der Waals surface area contributed by atoms with Crippen LogP contribution in [0.15, 0.2) is 18.2 Å². The van der Waals surface area contributed by atoms with Crippen LogP contribution in [0.4, 0.5) is 0 Å². The van der Waals surface area contributed by atoms with E-state index < -0.39 is 6.10 Å². The van der Waals surface area contributed by atoms with Gasteiger partial charge in [0, 0.05) is 17.6 Å². The van der Waals surface area contributed by atoms with Crippen molar-refractivity contribution in [1.82, 2.24) is 5.32 Å². The summed E-state index contributed by atoms with van der Waals surface area (Å²) >= 11 is 0. The van der Waals surface area contributed by atoms with Crippen LogP contribution in [-0.4, -0.2) is 32.9 Å². The molecule has 0 radical (unpaired) electrons. The van der Waals surface area contributed by atoms with Crippen LogP contribution < -0.4 is 11.1 Å². The first kappa shape index (κ1) is 18.0. The zero-order valence-corrected chi connectivity index (χ0v) is 14.3. The molecule has 2 rings (SSSR count). The molecule has 1 aliphatic rings. The molecule has 1 aromatic rings. The topological polar surface area (TPSA) is 98.7 Å². The monoisotopic (exact) mass is 322 g/mol. The van der Waals surface area contributed by atoms with Crippen LogP contribution in [0.1, 0.15) is 58.1 Å². The van der Waals surface area contributed by atoms with E-state index in [2.05, 4.69) is 26.1 Å². The molecule has 6 N–H and O–H groups in total. The number of aliphatic hydroxyl groups is 1. The lowest BCUT2D eigenvalue weighted by Gasteiger charge is -2.43. The van der Waals surface area contributed by atoms with Crippen molar-refractivity contribution >= 4 is 0 Å². The van der Waals surface area contributed by atoms with E-state index in [0.717, 1.165) is 25.7 Å². The van der Waals surface area contributed by atoms with E-state index in [-0.39, 0.29) is 22.6 Å². The summed E-state index contributed by atoms with van der Waals surface area (Å²) in [6, 6.07) is 4.41. The van der Waals surface area contributed by atoms with Crippen molar-refractivity contribution in [1.29, 1.82) is 0 Å². The zero-order chi connectivity index (χ0) is 17.3. The Hall–Kier alpha value is -1.30. The molecule has 0 aliphatic heterocycles. The molecule has 1 saturated carbocycles. The lowest BCUT2D eigenvalue weighted by Crippen LogP contribution is -2.51. The predicted molar refractivity (Wildman–Crippen MR) is 91.4 cm³/mol. The van der Waals surface area contributed by atoms with Crippen molar-refractivity contribution in [2.24, 2.45) is 11.7 Å². The van der Waals surface area contributed by atoms with Crippen LogP contribution in [0.3, 0.4) is 0 Å². The third-order valence-electron chi connectivity index (χ3n) is 5.28. The number of nitrogens with one attached hydrogen (secondary N) is 1. The van der Waals surface area contributed by atoms with E-state index in [4.69, 9.17) is 5.73 Å². The number of hydrogen-bond acceptors (Lipinski definition) is 5. The molecule has 1 aromatic carbocycles. The highest BCUT2D eigenvalue weighted by atomic mass is 16.3. The summed E-state index contributed by atoms with van der Waals surface area (Å²) in [5.41, 5.74) is 6.66. The second kappa shape index (κ2) is 6.67. The van der Waals surface area contributed by atoms with Gasteiger partial charge in [0.05, 0.1) is 6.10 Å². The number of β-amino-alcohol motifs (C(OH)–C–C–N with tert-alkyl or cyclic N) is 1. The minimum atomic E-state index is -0.732. The summed E-state index contributed by atoms with van der Waals surface area (Å²) in [5, 5.41) is 32.6. The molecule has 0 saturated heterocycles. The largest absolute Gasteiger partial charge is 0.504 e. The number of aliphatic hydroxyl groups excluding tert-OH is 1. The van der Waals surface area contributed by atoms with Crippen molar-refractivity contribution in [3.05, 3.63) is 23.8 Å². The molecule has 0 spiro atoms. The lowest BCUT2D eigenvalue weighted by molar-refractivity contribution is 0.120. The van der Waals surface area contributed by atoms with Gasteiger partial charge in [-0.1, -0.05) is 6.07 Å². The summed E-state index contributed by atoms with van der Waals surface area (Å²) in [4.78, 5) is 0. The lowest BCUT2D eigenvalue weighted by atomic mass is 9.71. The Balaban J connectivity index is 1.92. The quantitative estimate of drug-likeness (QED) is 0.536. The van der Waals surface area contributed by atoms with Crippen molar-refractivity contribution in [3.8, 4) is 11.5 Å². The number of phenols is 2. The first-order valence-electron chi connectivity index (χ1n) is 8.34. The van der Waals surface area contributed by atoms with E-state index >= 15 is 0 Å². The van der Waals surface area contributed by atoms with Gasteiger partial charge in [-0.3, -0.25) is 0 Å². The Morgan fingerprint density at radius 1 is 1.26 bits per heavy atom. The average Bonchev–Trinajstić information content (AvgIpc) is 2.47. The van der Waals surface area contributed by atoms with Gasteiger partial charge in [0.25, 0.3) is 0 Å². The molecule has 0 aromatic heterocycles. The van der Waals surface area contributed by atoms with E-state index in [1.807, 2.05) is 0 Å². The summed E-state index contributed by atoms with van der Waals surface area (Å²) in [7, 11) is 0. The van der Waals surface area contributed by atoms with Crippen LogP contribution in [0, 0.1) is 5.92 Å². The van der Waals surface area contributed by atoms with Crippen molar-refractivity contribution in [2.75, 3.05) is 6.54 Å². The fraction of sp³-hybridized carbons (Fsp3) is 0.667. The van der Waals surface area contributed by atoms with Crippen LogP contribution in [0.25, 0.3) is 0 Å². The Morgan fingerprint density at radius 2 is 1.87 bits per heavy atom. The minimum absolute atomic E-state index is 0.0460. The number of hydrogen-bond donors (Lipinski definition) is 5. The van der Waals surface area contributed by atoms with Crippen molar-refractivity contribution in [3.63, 3.8) is 0 Å². The normalized spacial score (nSPS) is 26.9. The fourth-order valence-electron chi connectivity index (χ4n) is 3.37. The summed E-state index contributed by atoms with van der Waals surface area (Å²) < 4.78 is 0. The first-order chi connectivity index (χ1) is 10.6. The highest BCUT2D eigenvalue weighted by Gasteiger charge is 2.36. The van der Waals surface area contributed by atoms with Gasteiger partial charge in [-0.25, -0.2) is 0 Å². The number of rotatable bonds is 5. The maximum atomic E-state index is 10.3. The number of nitrogens with two attached hydrogens (primary N) is 1. The number of aromatic hydroxyl groups is 2. The van der Waals surface area contributed by atoms with Gasteiger partial charge in [-0.05, 0) is 70.1 Å². The maximum absolute atomic E-state index is 10.3. The summed E-state index contributed by atoms with van der Waals surface area (Å²) in [5.74, 6) is 0.135. The van der Waals surface area contributed by atoms with Gasteiger partial charge in [0.15, 0.2) is 11.5 Å². The second-order valence-corrected chi connectivity index (χ2v) is 7.79. The van der Waals surface area contributed by atoms with Crippen LogP contribution in [0.2, 0.25) is 0 Å². The molecule has 1 unspecified atom stereocenters. The molecule has 1 aliphatic carbocycles. The molecule has 0 heterocycles. The van der Waals surface area contributed by atoms with Gasteiger partial charge < -0.3 is 26.4 Å². The summed E-state index contributed by atoms with van der Waals surface area (Å²) in [6.07, 6.45) is 3.49. The van der Waals surface area contributed by atoms with Gasteiger partial charge in [0.2, 0.25) is 0 Å². The Labute approximate surface area is 138 Å². The molecular weight excluding hydrogens is 292 g/mol.